The minimum atomic E-state index is -0.619. The number of rotatable bonds is 1. The van der Waals surface area contributed by atoms with Crippen LogP contribution in [0, 0.1) is 5.82 Å². The first kappa shape index (κ1) is 12.8. The lowest BCUT2D eigenvalue weighted by Gasteiger charge is -2.20. The molecule has 0 radical (unpaired) electrons. The molecule has 0 spiro atoms. The van der Waals surface area contributed by atoms with Crippen molar-refractivity contribution < 1.29 is 14.0 Å². The number of amides is 2. The zero-order chi connectivity index (χ0) is 13.1. The van der Waals surface area contributed by atoms with Crippen molar-refractivity contribution >= 4 is 23.4 Å². The molecule has 0 aromatic heterocycles. The maximum Gasteiger partial charge on any atom is 0.255 e. The molecule has 1 heterocycles. The maximum atomic E-state index is 13.3. The van der Waals surface area contributed by atoms with E-state index in [0.717, 1.165) is 0 Å². The number of carbonyl (C=O) groups is 2. The summed E-state index contributed by atoms with van der Waals surface area (Å²) >= 11 is 5.77. The SMILES string of the molecule is O=C1CCN(C(=O)c2cccc(F)c2Cl)CCN1. The summed E-state index contributed by atoms with van der Waals surface area (Å²) in [5.74, 6) is -1.06. The average molecular weight is 271 g/mol. The maximum absolute atomic E-state index is 13.3. The predicted molar refractivity (Wildman–Crippen MR) is 64.9 cm³/mol. The average Bonchev–Trinajstić information content (AvgIpc) is 2.57. The van der Waals surface area contributed by atoms with Crippen LogP contribution >= 0.6 is 11.6 Å². The second-order valence-electron chi connectivity index (χ2n) is 3.99. The van der Waals surface area contributed by atoms with Crippen LogP contribution in [0.3, 0.4) is 0 Å². The van der Waals surface area contributed by atoms with E-state index in [1.165, 1.54) is 23.1 Å². The first-order valence-electron chi connectivity index (χ1n) is 5.59. The predicted octanol–water partition coefficient (Wildman–Crippen LogP) is 1.44. The normalized spacial score (nSPS) is 16.1. The Hall–Kier alpha value is -1.62. The molecule has 0 aliphatic carbocycles. The summed E-state index contributed by atoms with van der Waals surface area (Å²) in [7, 11) is 0. The molecule has 0 unspecified atom stereocenters. The van der Waals surface area contributed by atoms with E-state index in [1.807, 2.05) is 0 Å². The Balaban J connectivity index is 2.20. The van der Waals surface area contributed by atoms with Gasteiger partial charge in [0.25, 0.3) is 5.91 Å². The van der Waals surface area contributed by atoms with E-state index in [-0.39, 0.29) is 28.8 Å². The van der Waals surface area contributed by atoms with Crippen molar-refractivity contribution in [1.82, 2.24) is 10.2 Å². The third-order valence-electron chi connectivity index (χ3n) is 2.78. The number of hydrogen-bond donors (Lipinski definition) is 1. The fourth-order valence-corrected chi connectivity index (χ4v) is 2.02. The quantitative estimate of drug-likeness (QED) is 0.840. The van der Waals surface area contributed by atoms with Gasteiger partial charge in [-0.3, -0.25) is 9.59 Å². The fraction of sp³-hybridized carbons (Fsp3) is 0.333. The summed E-state index contributed by atoms with van der Waals surface area (Å²) in [4.78, 5) is 24.8. The Labute approximate surface area is 109 Å². The zero-order valence-corrected chi connectivity index (χ0v) is 10.3. The van der Waals surface area contributed by atoms with Crippen molar-refractivity contribution in [1.29, 1.82) is 0 Å². The van der Waals surface area contributed by atoms with Crippen LogP contribution in [0.25, 0.3) is 0 Å². The minimum absolute atomic E-state index is 0.0874. The summed E-state index contributed by atoms with van der Waals surface area (Å²) in [5, 5.41) is 2.49. The summed E-state index contributed by atoms with van der Waals surface area (Å²) in [6.45, 7) is 1.12. The molecule has 1 saturated heterocycles. The van der Waals surface area contributed by atoms with E-state index >= 15 is 0 Å². The number of benzene rings is 1. The Kier molecular flexibility index (Phi) is 3.81. The van der Waals surface area contributed by atoms with E-state index in [2.05, 4.69) is 5.32 Å². The van der Waals surface area contributed by atoms with Gasteiger partial charge in [0, 0.05) is 26.1 Å². The van der Waals surface area contributed by atoms with Crippen LogP contribution in [-0.4, -0.2) is 36.3 Å². The van der Waals surface area contributed by atoms with Crippen molar-refractivity contribution in [2.75, 3.05) is 19.6 Å². The summed E-state index contributed by atoms with van der Waals surface area (Å²) in [6.07, 6.45) is 0.249. The Morgan fingerprint density at radius 2 is 2.17 bits per heavy atom. The smallest absolute Gasteiger partial charge is 0.255 e. The van der Waals surface area contributed by atoms with Crippen molar-refractivity contribution in [3.63, 3.8) is 0 Å². The first-order chi connectivity index (χ1) is 8.59. The van der Waals surface area contributed by atoms with Gasteiger partial charge in [0.2, 0.25) is 5.91 Å². The second-order valence-corrected chi connectivity index (χ2v) is 4.37. The highest BCUT2D eigenvalue weighted by Gasteiger charge is 2.22. The lowest BCUT2D eigenvalue weighted by molar-refractivity contribution is -0.120. The lowest BCUT2D eigenvalue weighted by atomic mass is 10.2. The standard InChI is InChI=1S/C12H12ClFN2O2/c13-11-8(2-1-3-9(11)14)12(18)16-6-4-10(17)15-5-7-16/h1-3H,4-7H2,(H,15,17). The number of nitrogens with one attached hydrogen (secondary N) is 1. The van der Waals surface area contributed by atoms with Crippen LogP contribution < -0.4 is 5.32 Å². The highest BCUT2D eigenvalue weighted by molar-refractivity contribution is 6.34. The minimum Gasteiger partial charge on any atom is -0.354 e. The van der Waals surface area contributed by atoms with Crippen LogP contribution in [0.15, 0.2) is 18.2 Å². The summed E-state index contributed by atoms with van der Waals surface area (Å²) < 4.78 is 13.3. The van der Waals surface area contributed by atoms with Gasteiger partial charge in [0.1, 0.15) is 5.82 Å². The molecule has 1 N–H and O–H groups in total. The van der Waals surface area contributed by atoms with E-state index in [0.29, 0.717) is 19.6 Å². The number of hydrogen-bond acceptors (Lipinski definition) is 2. The van der Waals surface area contributed by atoms with E-state index in [4.69, 9.17) is 11.6 Å². The van der Waals surface area contributed by atoms with E-state index in [9.17, 15) is 14.0 Å². The van der Waals surface area contributed by atoms with Crippen LogP contribution in [0.5, 0.6) is 0 Å². The molecular weight excluding hydrogens is 259 g/mol. The number of carbonyl (C=O) groups excluding carboxylic acids is 2. The van der Waals surface area contributed by atoms with Crippen molar-refractivity contribution in [2.45, 2.75) is 6.42 Å². The van der Waals surface area contributed by atoms with E-state index in [1.54, 1.807) is 0 Å². The lowest BCUT2D eigenvalue weighted by Crippen LogP contribution is -2.34. The fourth-order valence-electron chi connectivity index (χ4n) is 1.81. The molecule has 6 heteroatoms. The van der Waals surface area contributed by atoms with Gasteiger partial charge in [-0.2, -0.15) is 0 Å². The van der Waals surface area contributed by atoms with Gasteiger partial charge in [-0.1, -0.05) is 17.7 Å². The van der Waals surface area contributed by atoms with Gasteiger partial charge in [0.15, 0.2) is 0 Å². The molecule has 96 valence electrons. The largest absolute Gasteiger partial charge is 0.354 e. The molecular formula is C12H12ClFN2O2. The molecule has 2 rings (SSSR count). The third-order valence-corrected chi connectivity index (χ3v) is 3.17. The van der Waals surface area contributed by atoms with Gasteiger partial charge >= 0.3 is 0 Å². The molecule has 18 heavy (non-hydrogen) atoms. The molecule has 0 atom stereocenters. The monoisotopic (exact) mass is 270 g/mol. The molecule has 1 aliphatic heterocycles. The zero-order valence-electron chi connectivity index (χ0n) is 9.58. The number of halogens is 2. The molecule has 1 aromatic carbocycles. The molecule has 4 nitrogen and oxygen atoms in total. The molecule has 2 amide bonds. The topological polar surface area (TPSA) is 49.4 Å². The van der Waals surface area contributed by atoms with E-state index < -0.39 is 5.82 Å². The van der Waals surface area contributed by atoms with Crippen LogP contribution in [0.1, 0.15) is 16.8 Å². The van der Waals surface area contributed by atoms with Crippen LogP contribution in [-0.2, 0) is 4.79 Å². The number of nitrogens with zero attached hydrogens (tertiary/aromatic N) is 1. The highest BCUT2D eigenvalue weighted by Crippen LogP contribution is 2.21. The highest BCUT2D eigenvalue weighted by atomic mass is 35.5. The molecule has 0 bridgehead atoms. The summed E-state index contributed by atoms with van der Waals surface area (Å²) in [6, 6.07) is 4.12. The molecule has 1 aliphatic rings. The van der Waals surface area contributed by atoms with Gasteiger partial charge in [-0.25, -0.2) is 4.39 Å². The van der Waals surface area contributed by atoms with Gasteiger partial charge in [-0.15, -0.1) is 0 Å². The van der Waals surface area contributed by atoms with Crippen molar-refractivity contribution in [2.24, 2.45) is 0 Å². The first-order valence-corrected chi connectivity index (χ1v) is 5.97. The third kappa shape index (κ3) is 2.61. The second kappa shape index (κ2) is 5.35. The molecule has 0 saturated carbocycles. The molecule has 1 fully saturated rings. The Morgan fingerprint density at radius 3 is 2.94 bits per heavy atom. The summed E-state index contributed by atoms with van der Waals surface area (Å²) in [5.41, 5.74) is 0.131. The van der Waals surface area contributed by atoms with Gasteiger partial charge < -0.3 is 10.2 Å². The van der Waals surface area contributed by atoms with Crippen LogP contribution in [0.2, 0.25) is 5.02 Å². The van der Waals surface area contributed by atoms with Crippen LogP contribution in [0.4, 0.5) is 4.39 Å². The van der Waals surface area contributed by atoms with Crippen molar-refractivity contribution in [3.8, 4) is 0 Å². The van der Waals surface area contributed by atoms with Crippen molar-refractivity contribution in [3.05, 3.63) is 34.6 Å². The Bertz CT molecular complexity index is 493. The Morgan fingerprint density at radius 1 is 1.39 bits per heavy atom. The molecule has 1 aromatic rings. The van der Waals surface area contributed by atoms with Gasteiger partial charge in [-0.05, 0) is 12.1 Å². The van der Waals surface area contributed by atoms with Gasteiger partial charge in [0.05, 0.1) is 10.6 Å².